The number of benzene rings is 1. The van der Waals surface area contributed by atoms with Gasteiger partial charge >= 0.3 is 5.69 Å². The van der Waals surface area contributed by atoms with Gasteiger partial charge in [0.1, 0.15) is 11.7 Å². The normalized spacial score (nSPS) is 14.6. The molecule has 1 aliphatic heterocycles. The summed E-state index contributed by atoms with van der Waals surface area (Å²) < 4.78 is 9.04. The Kier molecular flexibility index (Phi) is 4.97. The Balaban J connectivity index is 1.53. The van der Waals surface area contributed by atoms with Gasteiger partial charge in [-0.2, -0.15) is 5.26 Å². The van der Waals surface area contributed by atoms with E-state index in [0.29, 0.717) is 29.3 Å². The molecule has 1 fully saturated rings. The zero-order chi connectivity index (χ0) is 23.1. The van der Waals surface area contributed by atoms with Gasteiger partial charge in [0.25, 0.3) is 0 Å². The number of pyridine rings is 2. The van der Waals surface area contributed by atoms with E-state index in [1.807, 2.05) is 47.0 Å². The molecule has 0 unspecified atom stereocenters. The zero-order valence-corrected chi connectivity index (χ0v) is 18.4. The minimum absolute atomic E-state index is 0.0941. The Morgan fingerprint density at radius 1 is 1.09 bits per heavy atom. The van der Waals surface area contributed by atoms with Crippen LogP contribution in [0.2, 0.25) is 0 Å². The summed E-state index contributed by atoms with van der Waals surface area (Å²) in [6.45, 7) is 2.07. The molecule has 5 heterocycles. The van der Waals surface area contributed by atoms with Crippen LogP contribution in [0.5, 0.6) is 0 Å². The highest BCUT2D eigenvalue weighted by Crippen LogP contribution is 2.28. The van der Waals surface area contributed by atoms with Gasteiger partial charge in [-0.3, -0.25) is 4.57 Å². The SMILES string of the molecule is N#Cc1c[nH]c2ncc(-c3cnc4c(c3)n(CC3CCOCC3)c(=O)n4-c3ccccc3)cc12. The molecule has 1 saturated heterocycles. The molecular formula is C26H22N6O2. The fraction of sp³-hybridized carbons (Fsp3) is 0.231. The molecule has 1 N–H and O–H groups in total. The summed E-state index contributed by atoms with van der Waals surface area (Å²) in [6.07, 6.45) is 7.05. The quantitative estimate of drug-likeness (QED) is 0.445. The minimum atomic E-state index is -0.0941. The number of aromatic nitrogens is 5. The Labute approximate surface area is 195 Å². The Hall–Kier alpha value is -4.22. The van der Waals surface area contributed by atoms with E-state index in [2.05, 4.69) is 16.0 Å². The predicted octanol–water partition coefficient (Wildman–Crippen LogP) is 4.03. The van der Waals surface area contributed by atoms with Gasteiger partial charge in [-0.25, -0.2) is 19.3 Å². The van der Waals surface area contributed by atoms with Crippen molar-refractivity contribution in [3.63, 3.8) is 0 Å². The lowest BCUT2D eigenvalue weighted by atomic mass is 10.0. The van der Waals surface area contributed by atoms with Gasteiger partial charge in [-0.1, -0.05) is 18.2 Å². The molecule has 6 rings (SSSR count). The first-order chi connectivity index (χ1) is 16.7. The summed E-state index contributed by atoms with van der Waals surface area (Å²) >= 11 is 0. The van der Waals surface area contributed by atoms with Crippen LogP contribution in [0.4, 0.5) is 0 Å². The molecule has 5 aromatic rings. The van der Waals surface area contributed by atoms with Crippen molar-refractivity contribution < 1.29 is 4.74 Å². The van der Waals surface area contributed by atoms with Crippen LogP contribution < -0.4 is 5.69 Å². The van der Waals surface area contributed by atoms with E-state index in [-0.39, 0.29) is 5.69 Å². The first-order valence-corrected chi connectivity index (χ1v) is 11.3. The zero-order valence-electron chi connectivity index (χ0n) is 18.4. The highest BCUT2D eigenvalue weighted by molar-refractivity contribution is 5.88. The summed E-state index contributed by atoms with van der Waals surface area (Å²) in [4.78, 5) is 25.9. The lowest BCUT2D eigenvalue weighted by molar-refractivity contribution is 0.0613. The smallest absolute Gasteiger partial charge is 0.334 e. The summed E-state index contributed by atoms with van der Waals surface area (Å²) in [7, 11) is 0. The van der Waals surface area contributed by atoms with Crippen molar-refractivity contribution in [3.8, 4) is 22.9 Å². The molecule has 34 heavy (non-hydrogen) atoms. The number of fused-ring (bicyclic) bond motifs is 2. The van der Waals surface area contributed by atoms with Crippen LogP contribution in [-0.2, 0) is 11.3 Å². The van der Waals surface area contributed by atoms with Gasteiger partial charge in [-0.05, 0) is 43.0 Å². The van der Waals surface area contributed by atoms with Gasteiger partial charge in [0.05, 0.1) is 16.8 Å². The van der Waals surface area contributed by atoms with E-state index in [1.54, 1.807) is 23.2 Å². The average Bonchev–Trinajstić information content (AvgIpc) is 3.42. The van der Waals surface area contributed by atoms with Gasteiger partial charge in [0.15, 0.2) is 5.65 Å². The van der Waals surface area contributed by atoms with E-state index < -0.39 is 0 Å². The molecule has 0 bridgehead atoms. The Morgan fingerprint density at radius 3 is 2.65 bits per heavy atom. The largest absolute Gasteiger partial charge is 0.381 e. The molecular weight excluding hydrogens is 428 g/mol. The van der Waals surface area contributed by atoms with E-state index >= 15 is 0 Å². The van der Waals surface area contributed by atoms with Crippen molar-refractivity contribution in [1.29, 1.82) is 5.26 Å². The number of nitrogens with one attached hydrogen (secondary N) is 1. The van der Waals surface area contributed by atoms with Crippen LogP contribution in [0.15, 0.2) is 65.8 Å². The molecule has 1 aliphatic rings. The lowest BCUT2D eigenvalue weighted by Crippen LogP contribution is -2.28. The molecule has 8 nitrogen and oxygen atoms in total. The molecule has 168 valence electrons. The first-order valence-electron chi connectivity index (χ1n) is 11.3. The maximum atomic E-state index is 13.6. The van der Waals surface area contributed by atoms with Gasteiger partial charge in [0, 0.05) is 54.9 Å². The molecule has 0 aliphatic carbocycles. The van der Waals surface area contributed by atoms with Crippen LogP contribution in [-0.4, -0.2) is 37.3 Å². The van der Waals surface area contributed by atoms with Crippen molar-refractivity contribution in [2.45, 2.75) is 19.4 Å². The highest BCUT2D eigenvalue weighted by Gasteiger charge is 2.21. The van der Waals surface area contributed by atoms with Crippen LogP contribution in [0.3, 0.4) is 0 Å². The summed E-state index contributed by atoms with van der Waals surface area (Å²) in [6, 6.07) is 15.7. The summed E-state index contributed by atoms with van der Waals surface area (Å²) in [5.74, 6) is 0.376. The maximum Gasteiger partial charge on any atom is 0.334 e. The number of hydrogen-bond acceptors (Lipinski definition) is 5. The second-order valence-electron chi connectivity index (χ2n) is 8.62. The van der Waals surface area contributed by atoms with Crippen LogP contribution >= 0.6 is 0 Å². The Morgan fingerprint density at radius 2 is 1.85 bits per heavy atom. The summed E-state index contributed by atoms with van der Waals surface area (Å²) in [5.41, 5.74) is 5.01. The summed E-state index contributed by atoms with van der Waals surface area (Å²) in [5, 5.41) is 10.2. The number of H-pyrrole nitrogens is 1. The molecule has 0 atom stereocenters. The second-order valence-corrected chi connectivity index (χ2v) is 8.62. The fourth-order valence-electron chi connectivity index (χ4n) is 4.72. The van der Waals surface area contributed by atoms with Crippen molar-refractivity contribution in [2.75, 3.05) is 13.2 Å². The first kappa shape index (κ1) is 20.4. The van der Waals surface area contributed by atoms with E-state index in [1.165, 1.54) is 0 Å². The maximum absolute atomic E-state index is 13.6. The highest BCUT2D eigenvalue weighted by atomic mass is 16.5. The molecule has 0 amide bonds. The monoisotopic (exact) mass is 450 g/mol. The number of aromatic amines is 1. The third kappa shape index (κ3) is 3.38. The van der Waals surface area contributed by atoms with E-state index in [9.17, 15) is 10.1 Å². The van der Waals surface area contributed by atoms with Crippen molar-refractivity contribution >= 4 is 22.2 Å². The van der Waals surface area contributed by atoms with Crippen LogP contribution in [0.25, 0.3) is 39.0 Å². The standard InChI is InChI=1S/C26H22N6O2/c27-12-20-15-29-24-22(20)10-18(13-28-24)19-11-23-25(30-14-19)32(21-4-2-1-3-5-21)26(33)31(23)16-17-6-8-34-9-7-17/h1-5,10-11,13-15,17H,6-9,16H2,(H,28,29). The molecule has 0 saturated carbocycles. The molecule has 8 heteroatoms. The van der Waals surface area contributed by atoms with Crippen molar-refractivity contribution in [3.05, 3.63) is 77.1 Å². The number of imidazole rings is 1. The second kappa shape index (κ2) is 8.28. The Bertz CT molecular complexity index is 1600. The molecule has 0 radical (unpaired) electrons. The topological polar surface area (TPSA) is 102 Å². The predicted molar refractivity (Wildman–Crippen MR) is 129 cm³/mol. The fourth-order valence-corrected chi connectivity index (χ4v) is 4.72. The number of rotatable bonds is 4. The molecule has 1 aromatic carbocycles. The number of nitrogens with zero attached hydrogens (tertiary/aromatic N) is 5. The number of ether oxygens (including phenoxy) is 1. The van der Waals surface area contributed by atoms with Crippen LogP contribution in [0, 0.1) is 17.2 Å². The average molecular weight is 451 g/mol. The third-order valence-corrected chi connectivity index (χ3v) is 6.55. The van der Waals surface area contributed by atoms with Crippen molar-refractivity contribution in [2.24, 2.45) is 5.92 Å². The van der Waals surface area contributed by atoms with Crippen molar-refractivity contribution in [1.82, 2.24) is 24.1 Å². The number of para-hydroxylation sites is 1. The van der Waals surface area contributed by atoms with Gasteiger partial charge < -0.3 is 9.72 Å². The lowest BCUT2D eigenvalue weighted by Gasteiger charge is -2.22. The minimum Gasteiger partial charge on any atom is -0.381 e. The number of hydrogen-bond donors (Lipinski definition) is 1. The third-order valence-electron chi connectivity index (χ3n) is 6.55. The van der Waals surface area contributed by atoms with Crippen LogP contribution in [0.1, 0.15) is 18.4 Å². The van der Waals surface area contributed by atoms with E-state index in [0.717, 1.165) is 53.8 Å². The van der Waals surface area contributed by atoms with Gasteiger partial charge in [-0.15, -0.1) is 0 Å². The van der Waals surface area contributed by atoms with E-state index in [4.69, 9.17) is 9.72 Å². The van der Waals surface area contributed by atoms with Gasteiger partial charge in [0.2, 0.25) is 0 Å². The number of nitriles is 1. The molecule has 4 aromatic heterocycles. The molecule has 0 spiro atoms.